The first-order valence-corrected chi connectivity index (χ1v) is 6.29. The summed E-state index contributed by atoms with van der Waals surface area (Å²) in [4.78, 5) is 11.7. The van der Waals surface area contributed by atoms with E-state index in [9.17, 15) is 4.79 Å². The minimum Gasteiger partial charge on any atom is -0.464 e. The fourth-order valence-corrected chi connectivity index (χ4v) is 1.97. The lowest BCUT2D eigenvalue weighted by Gasteiger charge is -2.13. The van der Waals surface area contributed by atoms with Gasteiger partial charge in [0.15, 0.2) is 0 Å². The minimum atomic E-state index is -0.588. The van der Waals surface area contributed by atoms with Gasteiger partial charge in [-0.05, 0) is 18.4 Å². The summed E-state index contributed by atoms with van der Waals surface area (Å²) >= 11 is 0. The molecule has 18 heavy (non-hydrogen) atoms. The molecular weight excluding hydrogens is 230 g/mol. The number of hydrogen-bond acceptors (Lipinski definition) is 4. The highest BCUT2D eigenvalue weighted by Gasteiger charge is 2.20. The topological polar surface area (TPSA) is 61.6 Å². The Morgan fingerprint density at radius 2 is 2.22 bits per heavy atom. The highest BCUT2D eigenvalue weighted by molar-refractivity contribution is 5.75. The van der Waals surface area contributed by atoms with E-state index in [4.69, 9.17) is 15.2 Å². The molecule has 4 heteroatoms. The molecule has 0 spiro atoms. The van der Waals surface area contributed by atoms with Crippen LogP contribution in [-0.2, 0) is 20.7 Å². The Balaban J connectivity index is 1.74. The van der Waals surface area contributed by atoms with Crippen LogP contribution in [0.4, 0.5) is 0 Å². The summed E-state index contributed by atoms with van der Waals surface area (Å²) in [6.07, 6.45) is 1.47. The standard InChI is InChI=1S/C14H19NO3/c15-13(8-11-4-2-1-3-5-11)14(16)18-10-12-6-7-17-9-12/h1-5,12-13H,6-10,15H2. The average Bonchev–Trinajstić information content (AvgIpc) is 2.90. The smallest absolute Gasteiger partial charge is 0.323 e. The molecule has 2 unspecified atom stereocenters. The summed E-state index contributed by atoms with van der Waals surface area (Å²) in [6, 6.07) is 9.13. The monoisotopic (exact) mass is 249 g/mol. The fraction of sp³-hybridized carbons (Fsp3) is 0.500. The van der Waals surface area contributed by atoms with Crippen molar-refractivity contribution < 1.29 is 14.3 Å². The van der Waals surface area contributed by atoms with E-state index in [2.05, 4.69) is 0 Å². The van der Waals surface area contributed by atoms with E-state index >= 15 is 0 Å². The van der Waals surface area contributed by atoms with Crippen LogP contribution in [0.1, 0.15) is 12.0 Å². The molecule has 2 N–H and O–H groups in total. The second-order valence-electron chi connectivity index (χ2n) is 4.66. The molecule has 4 nitrogen and oxygen atoms in total. The summed E-state index contributed by atoms with van der Waals surface area (Å²) in [7, 11) is 0. The maximum atomic E-state index is 11.7. The van der Waals surface area contributed by atoms with E-state index in [1.54, 1.807) is 0 Å². The molecule has 1 saturated heterocycles. The molecular formula is C14H19NO3. The molecule has 1 aliphatic heterocycles. The number of carbonyl (C=O) groups is 1. The predicted molar refractivity (Wildman–Crippen MR) is 68.0 cm³/mol. The second-order valence-corrected chi connectivity index (χ2v) is 4.66. The Morgan fingerprint density at radius 1 is 1.44 bits per heavy atom. The lowest BCUT2D eigenvalue weighted by Crippen LogP contribution is -2.35. The summed E-state index contributed by atoms with van der Waals surface area (Å²) < 4.78 is 10.4. The Bertz CT molecular complexity index is 374. The van der Waals surface area contributed by atoms with Gasteiger partial charge in [-0.1, -0.05) is 30.3 Å². The second kappa shape index (κ2) is 6.52. The molecule has 2 atom stereocenters. The van der Waals surface area contributed by atoms with Crippen molar-refractivity contribution in [2.24, 2.45) is 11.7 Å². The number of rotatable bonds is 5. The molecule has 1 heterocycles. The quantitative estimate of drug-likeness (QED) is 0.795. The zero-order chi connectivity index (χ0) is 12.8. The van der Waals surface area contributed by atoms with Gasteiger partial charge in [0.2, 0.25) is 0 Å². The highest BCUT2D eigenvalue weighted by Crippen LogP contribution is 2.12. The van der Waals surface area contributed by atoms with Crippen LogP contribution >= 0.6 is 0 Å². The maximum absolute atomic E-state index is 11.7. The van der Waals surface area contributed by atoms with Crippen LogP contribution in [0.15, 0.2) is 30.3 Å². The molecule has 0 saturated carbocycles. The first-order valence-electron chi connectivity index (χ1n) is 6.29. The summed E-state index contributed by atoms with van der Waals surface area (Å²) in [5.74, 6) is 0.00336. The van der Waals surface area contributed by atoms with Gasteiger partial charge in [0.1, 0.15) is 6.04 Å². The number of esters is 1. The summed E-state index contributed by atoms with van der Waals surface area (Å²) in [6.45, 7) is 1.86. The zero-order valence-electron chi connectivity index (χ0n) is 10.4. The molecule has 0 bridgehead atoms. The van der Waals surface area contributed by atoms with Gasteiger partial charge in [0, 0.05) is 12.5 Å². The Labute approximate surface area is 107 Å². The third-order valence-electron chi connectivity index (χ3n) is 3.09. The predicted octanol–water partition coefficient (Wildman–Crippen LogP) is 1.14. The number of benzene rings is 1. The van der Waals surface area contributed by atoms with Gasteiger partial charge in [-0.15, -0.1) is 0 Å². The van der Waals surface area contributed by atoms with Gasteiger partial charge in [-0.3, -0.25) is 4.79 Å². The van der Waals surface area contributed by atoms with Crippen LogP contribution in [0, 0.1) is 5.92 Å². The Kier molecular flexibility index (Phi) is 4.73. The molecule has 1 fully saturated rings. The highest BCUT2D eigenvalue weighted by atomic mass is 16.5. The van der Waals surface area contributed by atoms with Crippen LogP contribution in [-0.4, -0.2) is 31.8 Å². The fourth-order valence-electron chi connectivity index (χ4n) is 1.97. The van der Waals surface area contributed by atoms with Crippen LogP contribution in [0.3, 0.4) is 0 Å². The largest absolute Gasteiger partial charge is 0.464 e. The van der Waals surface area contributed by atoms with Crippen molar-refractivity contribution in [2.75, 3.05) is 19.8 Å². The van der Waals surface area contributed by atoms with Gasteiger partial charge >= 0.3 is 5.97 Å². The van der Waals surface area contributed by atoms with Gasteiger partial charge in [0.25, 0.3) is 0 Å². The molecule has 0 aromatic heterocycles. The van der Waals surface area contributed by atoms with Crippen LogP contribution in [0.25, 0.3) is 0 Å². The SMILES string of the molecule is NC(Cc1ccccc1)C(=O)OCC1CCOC1. The van der Waals surface area contributed by atoms with E-state index in [1.165, 1.54) is 0 Å². The van der Waals surface area contributed by atoms with Crippen molar-refractivity contribution >= 4 is 5.97 Å². The molecule has 2 rings (SSSR count). The number of nitrogens with two attached hydrogens (primary N) is 1. The van der Waals surface area contributed by atoms with E-state index in [0.29, 0.717) is 25.6 Å². The normalized spacial score (nSPS) is 20.6. The van der Waals surface area contributed by atoms with Crippen molar-refractivity contribution in [2.45, 2.75) is 18.9 Å². The van der Waals surface area contributed by atoms with Crippen molar-refractivity contribution in [3.8, 4) is 0 Å². The van der Waals surface area contributed by atoms with Crippen molar-refractivity contribution in [1.82, 2.24) is 0 Å². The van der Waals surface area contributed by atoms with E-state index in [-0.39, 0.29) is 5.97 Å². The maximum Gasteiger partial charge on any atom is 0.323 e. The molecule has 0 radical (unpaired) electrons. The first-order chi connectivity index (χ1) is 8.75. The Morgan fingerprint density at radius 3 is 2.89 bits per heavy atom. The van der Waals surface area contributed by atoms with Gasteiger partial charge in [0.05, 0.1) is 13.2 Å². The van der Waals surface area contributed by atoms with Crippen LogP contribution in [0.5, 0.6) is 0 Å². The average molecular weight is 249 g/mol. The van der Waals surface area contributed by atoms with Gasteiger partial charge in [-0.2, -0.15) is 0 Å². The Hall–Kier alpha value is -1.39. The number of hydrogen-bond donors (Lipinski definition) is 1. The molecule has 1 aliphatic rings. The zero-order valence-corrected chi connectivity index (χ0v) is 10.4. The minimum absolute atomic E-state index is 0.328. The lowest BCUT2D eigenvalue weighted by molar-refractivity contribution is -0.146. The lowest BCUT2D eigenvalue weighted by atomic mass is 10.1. The van der Waals surface area contributed by atoms with Gasteiger partial charge < -0.3 is 15.2 Å². The van der Waals surface area contributed by atoms with E-state index in [1.807, 2.05) is 30.3 Å². The molecule has 0 amide bonds. The van der Waals surface area contributed by atoms with Gasteiger partial charge in [-0.25, -0.2) is 0 Å². The molecule has 0 aliphatic carbocycles. The summed E-state index contributed by atoms with van der Waals surface area (Å²) in [5.41, 5.74) is 6.88. The van der Waals surface area contributed by atoms with Crippen molar-refractivity contribution in [3.63, 3.8) is 0 Å². The third kappa shape index (κ3) is 3.82. The summed E-state index contributed by atoms with van der Waals surface area (Å²) in [5, 5.41) is 0. The van der Waals surface area contributed by atoms with E-state index < -0.39 is 6.04 Å². The van der Waals surface area contributed by atoms with Crippen LogP contribution in [0.2, 0.25) is 0 Å². The van der Waals surface area contributed by atoms with Crippen molar-refractivity contribution in [1.29, 1.82) is 0 Å². The molecule has 1 aromatic carbocycles. The van der Waals surface area contributed by atoms with Crippen LogP contribution < -0.4 is 5.73 Å². The first kappa shape index (κ1) is 13.1. The molecule has 98 valence electrons. The number of ether oxygens (including phenoxy) is 2. The molecule has 1 aromatic rings. The van der Waals surface area contributed by atoms with E-state index in [0.717, 1.165) is 18.6 Å². The number of carbonyl (C=O) groups excluding carboxylic acids is 1. The van der Waals surface area contributed by atoms with Crippen molar-refractivity contribution in [3.05, 3.63) is 35.9 Å². The third-order valence-corrected chi connectivity index (χ3v) is 3.09.